The fourth-order valence-electron chi connectivity index (χ4n) is 3.60. The molecule has 196 valence electrons. The fraction of sp³-hybridized carbons (Fsp3) is 0.231. The van der Waals surface area contributed by atoms with Crippen LogP contribution in [0.4, 0.5) is 10.1 Å². The van der Waals surface area contributed by atoms with Crippen LogP contribution >= 0.6 is 23.2 Å². The topological polar surface area (TPSA) is 86.8 Å². The Morgan fingerprint density at radius 3 is 2.24 bits per heavy atom. The highest BCUT2D eigenvalue weighted by Gasteiger charge is 2.33. The Morgan fingerprint density at radius 2 is 1.62 bits per heavy atom. The number of hydrogen-bond donors (Lipinski definition) is 1. The van der Waals surface area contributed by atoms with Gasteiger partial charge in [0.2, 0.25) is 11.8 Å². The third-order valence-electron chi connectivity index (χ3n) is 5.62. The van der Waals surface area contributed by atoms with Crippen molar-refractivity contribution in [3.63, 3.8) is 0 Å². The molecule has 0 aliphatic heterocycles. The van der Waals surface area contributed by atoms with E-state index in [0.29, 0.717) is 6.54 Å². The van der Waals surface area contributed by atoms with Crippen LogP contribution in [-0.2, 0) is 26.2 Å². The molecule has 0 saturated heterocycles. The summed E-state index contributed by atoms with van der Waals surface area (Å²) in [5.74, 6) is -1.73. The van der Waals surface area contributed by atoms with Crippen LogP contribution in [0.5, 0.6) is 0 Å². The predicted molar refractivity (Wildman–Crippen MR) is 143 cm³/mol. The van der Waals surface area contributed by atoms with E-state index in [1.807, 2.05) is 0 Å². The Kier molecular flexibility index (Phi) is 9.53. The largest absolute Gasteiger partial charge is 0.355 e. The number of likely N-dealkylation sites (N-methyl/N-ethyl adjacent to an activating group) is 1. The SMILES string of the molecule is CCNC(=O)[C@H](C)N(Cc1ccccc1F)C(=O)CN(c1ccc(Cl)c(Cl)c1)S(=O)(=O)c1ccccc1. The molecule has 0 heterocycles. The Labute approximate surface area is 225 Å². The first-order chi connectivity index (χ1) is 17.6. The molecule has 0 aliphatic rings. The van der Waals surface area contributed by atoms with Crippen molar-refractivity contribution < 1.29 is 22.4 Å². The Bertz CT molecular complexity index is 1370. The lowest BCUT2D eigenvalue weighted by Gasteiger charge is -2.32. The lowest BCUT2D eigenvalue weighted by atomic mass is 10.1. The number of hydrogen-bond acceptors (Lipinski definition) is 4. The van der Waals surface area contributed by atoms with Gasteiger partial charge in [0.25, 0.3) is 10.0 Å². The summed E-state index contributed by atoms with van der Waals surface area (Å²) >= 11 is 12.2. The third-order valence-corrected chi connectivity index (χ3v) is 8.15. The fourth-order valence-corrected chi connectivity index (χ4v) is 5.32. The van der Waals surface area contributed by atoms with E-state index >= 15 is 0 Å². The van der Waals surface area contributed by atoms with Gasteiger partial charge in [0, 0.05) is 18.7 Å². The molecule has 2 amide bonds. The van der Waals surface area contributed by atoms with Crippen LogP contribution in [0.25, 0.3) is 0 Å². The van der Waals surface area contributed by atoms with Gasteiger partial charge in [0.15, 0.2) is 0 Å². The first kappa shape index (κ1) is 28.4. The highest BCUT2D eigenvalue weighted by molar-refractivity contribution is 7.92. The van der Waals surface area contributed by atoms with E-state index in [9.17, 15) is 22.4 Å². The molecule has 11 heteroatoms. The molecule has 3 aromatic carbocycles. The van der Waals surface area contributed by atoms with Gasteiger partial charge in [0.05, 0.1) is 20.6 Å². The van der Waals surface area contributed by atoms with Gasteiger partial charge in [-0.25, -0.2) is 12.8 Å². The second-order valence-electron chi connectivity index (χ2n) is 8.11. The molecular weight excluding hydrogens is 540 g/mol. The standard InChI is InChI=1S/C26H26Cl2FN3O4S/c1-3-30-26(34)18(2)31(16-19-9-7-8-12-24(19)29)25(33)17-32(20-13-14-22(27)23(28)15-20)37(35,36)21-10-5-4-6-11-21/h4-15,18H,3,16-17H2,1-2H3,(H,30,34)/t18-/m0/s1. The summed E-state index contributed by atoms with van der Waals surface area (Å²) in [6.07, 6.45) is 0. The number of sulfonamides is 1. The zero-order valence-electron chi connectivity index (χ0n) is 20.2. The second-order valence-corrected chi connectivity index (χ2v) is 10.8. The molecule has 1 N–H and O–H groups in total. The zero-order chi connectivity index (χ0) is 27.2. The molecule has 0 aliphatic carbocycles. The lowest BCUT2D eigenvalue weighted by molar-refractivity contribution is -0.139. The maximum atomic E-state index is 14.5. The molecule has 0 radical (unpaired) electrons. The summed E-state index contributed by atoms with van der Waals surface area (Å²) in [5.41, 5.74) is 0.280. The van der Waals surface area contributed by atoms with Crippen LogP contribution in [-0.4, -0.2) is 44.3 Å². The smallest absolute Gasteiger partial charge is 0.264 e. The Morgan fingerprint density at radius 1 is 0.973 bits per heavy atom. The number of carbonyl (C=O) groups excluding carboxylic acids is 2. The highest BCUT2D eigenvalue weighted by Crippen LogP contribution is 2.31. The number of rotatable bonds is 10. The maximum Gasteiger partial charge on any atom is 0.264 e. The average Bonchev–Trinajstić information content (AvgIpc) is 2.88. The number of amides is 2. The molecule has 0 bridgehead atoms. The lowest BCUT2D eigenvalue weighted by Crippen LogP contribution is -2.51. The quantitative estimate of drug-likeness (QED) is 0.379. The molecule has 0 spiro atoms. The van der Waals surface area contributed by atoms with Crippen molar-refractivity contribution in [1.29, 1.82) is 0 Å². The van der Waals surface area contributed by atoms with Crippen LogP contribution in [0.2, 0.25) is 10.0 Å². The zero-order valence-corrected chi connectivity index (χ0v) is 22.5. The van der Waals surface area contributed by atoms with Crippen molar-refractivity contribution in [2.24, 2.45) is 0 Å². The molecular formula is C26H26Cl2FN3O4S. The molecule has 0 aromatic heterocycles. The van der Waals surface area contributed by atoms with Gasteiger partial charge in [-0.1, -0.05) is 59.6 Å². The van der Waals surface area contributed by atoms with Crippen LogP contribution in [0, 0.1) is 5.82 Å². The number of nitrogens with one attached hydrogen (secondary N) is 1. The summed E-state index contributed by atoms with van der Waals surface area (Å²) in [6, 6.07) is 16.6. The van der Waals surface area contributed by atoms with Crippen LogP contribution in [0.1, 0.15) is 19.4 Å². The summed E-state index contributed by atoms with van der Waals surface area (Å²) in [7, 11) is -4.24. The van der Waals surface area contributed by atoms with Gasteiger partial charge in [-0.2, -0.15) is 0 Å². The van der Waals surface area contributed by atoms with Crippen molar-refractivity contribution in [2.45, 2.75) is 31.3 Å². The monoisotopic (exact) mass is 565 g/mol. The number of anilines is 1. The minimum atomic E-state index is -4.24. The van der Waals surface area contributed by atoms with Gasteiger partial charge in [0.1, 0.15) is 18.4 Å². The minimum Gasteiger partial charge on any atom is -0.355 e. The van der Waals surface area contributed by atoms with E-state index in [0.717, 1.165) is 9.21 Å². The normalized spacial score (nSPS) is 12.0. The minimum absolute atomic E-state index is 0.0497. The molecule has 0 fully saturated rings. The van der Waals surface area contributed by atoms with E-state index in [1.54, 1.807) is 31.2 Å². The summed E-state index contributed by atoms with van der Waals surface area (Å²) in [6.45, 7) is 2.63. The van der Waals surface area contributed by atoms with Gasteiger partial charge in [-0.15, -0.1) is 0 Å². The highest BCUT2D eigenvalue weighted by atomic mass is 35.5. The summed E-state index contributed by atoms with van der Waals surface area (Å²) in [5, 5.41) is 2.95. The van der Waals surface area contributed by atoms with Gasteiger partial charge >= 0.3 is 0 Å². The summed E-state index contributed by atoms with van der Waals surface area (Å²) < 4.78 is 42.7. The molecule has 0 unspecified atom stereocenters. The van der Waals surface area contributed by atoms with Crippen molar-refractivity contribution in [1.82, 2.24) is 10.2 Å². The number of benzene rings is 3. The number of halogens is 3. The van der Waals surface area contributed by atoms with Crippen LogP contribution in [0.15, 0.2) is 77.7 Å². The average molecular weight is 566 g/mol. The molecule has 3 aromatic rings. The van der Waals surface area contributed by atoms with Crippen LogP contribution in [0.3, 0.4) is 0 Å². The van der Waals surface area contributed by atoms with Crippen molar-refractivity contribution in [2.75, 3.05) is 17.4 Å². The van der Waals surface area contributed by atoms with Gasteiger partial charge < -0.3 is 10.2 Å². The Hall–Kier alpha value is -3.14. The first-order valence-corrected chi connectivity index (χ1v) is 13.6. The van der Waals surface area contributed by atoms with E-state index < -0.39 is 40.2 Å². The van der Waals surface area contributed by atoms with E-state index in [1.165, 1.54) is 55.5 Å². The third kappa shape index (κ3) is 6.80. The van der Waals surface area contributed by atoms with Crippen molar-refractivity contribution in [3.05, 3.63) is 94.2 Å². The molecule has 1 atom stereocenters. The molecule has 7 nitrogen and oxygen atoms in total. The van der Waals surface area contributed by atoms with E-state index in [2.05, 4.69) is 5.32 Å². The predicted octanol–water partition coefficient (Wildman–Crippen LogP) is 4.88. The summed E-state index contributed by atoms with van der Waals surface area (Å²) in [4.78, 5) is 27.4. The Balaban J connectivity index is 2.05. The van der Waals surface area contributed by atoms with E-state index in [4.69, 9.17) is 23.2 Å². The van der Waals surface area contributed by atoms with Crippen LogP contribution < -0.4 is 9.62 Å². The van der Waals surface area contributed by atoms with Crippen molar-refractivity contribution >= 4 is 50.7 Å². The maximum absolute atomic E-state index is 14.5. The molecule has 37 heavy (non-hydrogen) atoms. The second kappa shape index (κ2) is 12.4. The van der Waals surface area contributed by atoms with Gasteiger partial charge in [-0.05, 0) is 50.2 Å². The first-order valence-electron chi connectivity index (χ1n) is 11.4. The molecule has 3 rings (SSSR count). The molecule has 0 saturated carbocycles. The van der Waals surface area contributed by atoms with Crippen molar-refractivity contribution in [3.8, 4) is 0 Å². The van der Waals surface area contributed by atoms with E-state index in [-0.39, 0.29) is 32.7 Å². The number of carbonyl (C=O) groups is 2. The van der Waals surface area contributed by atoms with Gasteiger partial charge in [-0.3, -0.25) is 13.9 Å². The number of nitrogens with zero attached hydrogens (tertiary/aromatic N) is 2.